The van der Waals surface area contributed by atoms with E-state index in [9.17, 15) is 44.6 Å². The van der Waals surface area contributed by atoms with Crippen molar-refractivity contribution in [1.29, 1.82) is 0 Å². The topological polar surface area (TPSA) is 210 Å². The quantitative estimate of drug-likeness (QED) is 0.0145. The first kappa shape index (κ1) is 63.6. The minimum absolute atomic E-state index is 0.103. The fraction of sp³-hybridized carbons (Fsp3) is 0.925. The van der Waals surface area contributed by atoms with E-state index in [4.69, 9.17) is 18.5 Å². The predicted molar refractivity (Wildman–Crippen MR) is 267 cm³/mol. The fourth-order valence-electron chi connectivity index (χ4n) is 8.70. The van der Waals surface area contributed by atoms with E-state index in [1.807, 2.05) is 0 Å². The zero-order chi connectivity index (χ0) is 49.2. The number of unbranched alkanes of at least 4 members (excludes halogenated alkanes) is 33. The Labute approximate surface area is 407 Å². The number of aliphatic hydroxyl groups excluding tert-OH is 5. The molecular weight excluding hydrogens is 876 g/mol. The SMILES string of the molecule is CCCCCCCC/C=C/CCCCCCCCCCCC(=O)OC[C@@H](COP(=O)(O)OC1C(O)C(O)C(O)[C@H](O)C1O)OC(=O)CCCCCCCCCCCCCCCCCCCCC. The van der Waals surface area contributed by atoms with Crippen LogP contribution in [0.15, 0.2) is 12.2 Å². The second-order valence-electron chi connectivity index (χ2n) is 19.4. The van der Waals surface area contributed by atoms with E-state index in [0.717, 1.165) is 38.5 Å². The van der Waals surface area contributed by atoms with Crippen LogP contribution in [-0.4, -0.2) is 98.3 Å². The van der Waals surface area contributed by atoms with Crippen LogP contribution in [0.25, 0.3) is 0 Å². The minimum atomic E-state index is -5.12. The summed E-state index contributed by atoms with van der Waals surface area (Å²) in [6.45, 7) is 3.35. The van der Waals surface area contributed by atoms with Crippen LogP contribution in [0.5, 0.6) is 0 Å². The molecule has 13 nitrogen and oxygen atoms in total. The van der Waals surface area contributed by atoms with Gasteiger partial charge in [-0.2, -0.15) is 0 Å². The number of phosphoric acid groups is 1. The van der Waals surface area contributed by atoms with Crippen LogP contribution in [0.3, 0.4) is 0 Å². The van der Waals surface area contributed by atoms with Crippen molar-refractivity contribution >= 4 is 19.8 Å². The Morgan fingerprint density at radius 3 is 1.13 bits per heavy atom. The molecular formula is C53H101O13P. The zero-order valence-corrected chi connectivity index (χ0v) is 43.4. The maximum atomic E-state index is 12.9. The van der Waals surface area contributed by atoms with Crippen molar-refractivity contribution in [2.45, 2.75) is 301 Å². The summed E-state index contributed by atoms with van der Waals surface area (Å²) in [7, 11) is -5.12. The normalized spacial score (nSPS) is 21.1. The average Bonchev–Trinajstić information content (AvgIpc) is 3.31. The van der Waals surface area contributed by atoms with E-state index in [0.29, 0.717) is 12.8 Å². The molecule has 1 aliphatic carbocycles. The van der Waals surface area contributed by atoms with Crippen LogP contribution in [0.4, 0.5) is 0 Å². The van der Waals surface area contributed by atoms with Crippen molar-refractivity contribution in [3.05, 3.63) is 12.2 Å². The molecule has 0 aromatic heterocycles. The highest BCUT2D eigenvalue weighted by molar-refractivity contribution is 7.47. The number of esters is 2. The molecule has 0 bridgehead atoms. The average molecular weight is 977 g/mol. The Morgan fingerprint density at radius 2 is 0.761 bits per heavy atom. The van der Waals surface area contributed by atoms with Gasteiger partial charge >= 0.3 is 19.8 Å². The number of phosphoric ester groups is 1. The molecule has 1 saturated carbocycles. The predicted octanol–water partition coefficient (Wildman–Crippen LogP) is 12.2. The second kappa shape index (κ2) is 43.4. The third-order valence-corrected chi connectivity index (χ3v) is 14.1. The van der Waals surface area contributed by atoms with Crippen LogP contribution in [0.2, 0.25) is 0 Å². The molecule has 1 fully saturated rings. The maximum absolute atomic E-state index is 12.9. The summed E-state index contributed by atoms with van der Waals surface area (Å²) >= 11 is 0. The third-order valence-electron chi connectivity index (χ3n) is 13.1. The van der Waals surface area contributed by atoms with Crippen LogP contribution in [-0.2, 0) is 32.7 Å². The van der Waals surface area contributed by atoms with Crippen molar-refractivity contribution in [2.75, 3.05) is 13.2 Å². The van der Waals surface area contributed by atoms with Gasteiger partial charge in [-0.15, -0.1) is 0 Å². The zero-order valence-electron chi connectivity index (χ0n) is 42.5. The lowest BCUT2D eigenvalue weighted by Crippen LogP contribution is -2.64. The van der Waals surface area contributed by atoms with Gasteiger partial charge in [0.2, 0.25) is 0 Å². The number of allylic oxidation sites excluding steroid dienone is 2. The molecule has 6 N–H and O–H groups in total. The van der Waals surface area contributed by atoms with E-state index in [-0.39, 0.29) is 12.8 Å². The van der Waals surface area contributed by atoms with E-state index in [1.165, 1.54) is 180 Å². The standard InChI is InChI=1S/C53H101O13P/c1-3-5-7-9-11-13-15-17-19-21-23-25-27-29-31-33-35-37-39-41-46(54)63-43-45(44-64-67(61,62)66-53-51(59)49(57)48(56)50(58)52(53)60)65-47(55)42-40-38-36-34-32-30-28-26-24-22-20-18-16-14-12-10-8-6-4-2/h17,19,45,48-53,56-60H,3-16,18,20-44H2,1-2H3,(H,61,62)/b19-17+/t45-,48?,49-,50?,51?,52?,53?/m0/s1. The van der Waals surface area contributed by atoms with Crippen LogP contribution in [0.1, 0.15) is 258 Å². The number of hydrogen-bond acceptors (Lipinski definition) is 12. The van der Waals surface area contributed by atoms with Crippen molar-refractivity contribution in [1.82, 2.24) is 0 Å². The molecule has 0 amide bonds. The minimum Gasteiger partial charge on any atom is -0.462 e. The third kappa shape index (κ3) is 35.4. The Hall–Kier alpha value is -1.41. The molecule has 0 spiro atoms. The van der Waals surface area contributed by atoms with Crippen molar-refractivity contribution in [3.63, 3.8) is 0 Å². The summed E-state index contributed by atoms with van der Waals surface area (Å²) in [6.07, 6.45) is 35.4. The van der Waals surface area contributed by atoms with Gasteiger partial charge in [-0.25, -0.2) is 4.57 Å². The largest absolute Gasteiger partial charge is 0.472 e. The highest BCUT2D eigenvalue weighted by Gasteiger charge is 2.51. The summed E-state index contributed by atoms with van der Waals surface area (Å²) in [5, 5.41) is 50.3. The number of ether oxygens (including phenoxy) is 2. The van der Waals surface area contributed by atoms with E-state index >= 15 is 0 Å². The molecule has 0 radical (unpaired) electrons. The number of aliphatic hydroxyl groups is 5. The Balaban J connectivity index is 2.35. The first-order valence-electron chi connectivity index (χ1n) is 27.5. The highest BCUT2D eigenvalue weighted by Crippen LogP contribution is 2.47. The highest BCUT2D eigenvalue weighted by atomic mass is 31.2. The van der Waals surface area contributed by atoms with Crippen LogP contribution in [0, 0.1) is 0 Å². The lowest BCUT2D eigenvalue weighted by Gasteiger charge is -2.41. The first-order valence-corrected chi connectivity index (χ1v) is 29.0. The molecule has 1 rings (SSSR count). The van der Waals surface area contributed by atoms with Crippen molar-refractivity contribution < 1.29 is 63.1 Å². The van der Waals surface area contributed by atoms with Gasteiger partial charge in [0.25, 0.3) is 0 Å². The van der Waals surface area contributed by atoms with Gasteiger partial charge in [-0.1, -0.05) is 219 Å². The molecule has 0 aromatic rings. The fourth-order valence-corrected chi connectivity index (χ4v) is 9.67. The van der Waals surface area contributed by atoms with Gasteiger partial charge in [-0.3, -0.25) is 18.6 Å². The van der Waals surface area contributed by atoms with Gasteiger partial charge in [0, 0.05) is 12.8 Å². The Bertz CT molecular complexity index is 1220. The van der Waals surface area contributed by atoms with Crippen molar-refractivity contribution in [2.24, 2.45) is 0 Å². The van der Waals surface area contributed by atoms with E-state index in [1.54, 1.807) is 0 Å². The summed E-state index contributed by atoms with van der Waals surface area (Å²) < 4.78 is 33.7. The number of carbonyl (C=O) groups is 2. The molecule has 0 aromatic carbocycles. The summed E-state index contributed by atoms with van der Waals surface area (Å²) in [5.74, 6) is -1.08. The number of carbonyl (C=O) groups excluding carboxylic acids is 2. The van der Waals surface area contributed by atoms with Crippen molar-refractivity contribution in [3.8, 4) is 0 Å². The van der Waals surface area contributed by atoms with Crippen LogP contribution >= 0.6 is 7.82 Å². The van der Waals surface area contributed by atoms with Gasteiger partial charge in [-0.05, 0) is 38.5 Å². The van der Waals surface area contributed by atoms with Gasteiger partial charge in [0.1, 0.15) is 43.2 Å². The number of rotatable bonds is 47. The van der Waals surface area contributed by atoms with Gasteiger partial charge < -0.3 is 39.9 Å². The molecule has 0 aliphatic heterocycles. The summed E-state index contributed by atoms with van der Waals surface area (Å²) in [5.41, 5.74) is 0. The smallest absolute Gasteiger partial charge is 0.462 e. The Kier molecular flexibility index (Phi) is 41.2. The van der Waals surface area contributed by atoms with E-state index in [2.05, 4.69) is 26.0 Å². The monoisotopic (exact) mass is 977 g/mol. The van der Waals surface area contributed by atoms with Gasteiger partial charge in [0.05, 0.1) is 6.61 Å². The van der Waals surface area contributed by atoms with Gasteiger partial charge in [0.15, 0.2) is 6.10 Å². The summed E-state index contributed by atoms with van der Waals surface area (Å²) in [6, 6.07) is 0. The molecule has 0 saturated heterocycles. The molecule has 67 heavy (non-hydrogen) atoms. The molecule has 6 unspecified atom stereocenters. The lowest BCUT2D eigenvalue weighted by atomic mass is 9.85. The molecule has 0 heterocycles. The molecule has 1 aliphatic rings. The summed E-state index contributed by atoms with van der Waals surface area (Å²) in [4.78, 5) is 35.9. The molecule has 8 atom stereocenters. The number of hydrogen-bond donors (Lipinski definition) is 6. The maximum Gasteiger partial charge on any atom is 0.472 e. The second-order valence-corrected chi connectivity index (χ2v) is 20.9. The molecule has 14 heteroatoms. The Morgan fingerprint density at radius 1 is 0.448 bits per heavy atom. The van der Waals surface area contributed by atoms with E-state index < -0.39 is 75.7 Å². The van der Waals surface area contributed by atoms with Crippen LogP contribution < -0.4 is 0 Å². The first-order chi connectivity index (χ1) is 32.4. The molecule has 396 valence electrons. The lowest BCUT2D eigenvalue weighted by molar-refractivity contribution is -0.220.